The second kappa shape index (κ2) is 8.89. The second-order valence-electron chi connectivity index (χ2n) is 7.47. The smallest absolute Gasteiger partial charge is 0.250 e. The monoisotopic (exact) mass is 364 g/mol. The highest BCUT2D eigenvalue weighted by molar-refractivity contribution is 5.77. The topological polar surface area (TPSA) is 44.8 Å². The Bertz CT molecular complexity index is 688. The van der Waals surface area contributed by atoms with E-state index in [0.29, 0.717) is 13.1 Å². The highest BCUT2D eigenvalue weighted by atomic mass is 19.3. The van der Waals surface area contributed by atoms with Crippen LogP contribution in [0.2, 0.25) is 0 Å². The number of rotatable bonds is 9. The van der Waals surface area contributed by atoms with Crippen molar-refractivity contribution >= 4 is 11.0 Å². The molecule has 0 aromatic carbocycles. The maximum atomic E-state index is 13.2. The quantitative estimate of drug-likeness (QED) is 0.654. The van der Waals surface area contributed by atoms with Crippen molar-refractivity contribution < 1.29 is 8.78 Å². The number of fused-ring (bicyclic) bond motifs is 1. The van der Waals surface area contributed by atoms with Crippen LogP contribution in [-0.2, 0) is 12.8 Å². The fourth-order valence-electron chi connectivity index (χ4n) is 3.58. The molecule has 3 rings (SSSR count). The predicted molar refractivity (Wildman–Crippen MR) is 101 cm³/mol. The van der Waals surface area contributed by atoms with Crippen LogP contribution in [0.25, 0.3) is 11.0 Å². The third kappa shape index (κ3) is 5.22. The minimum absolute atomic E-state index is 0.0163. The summed E-state index contributed by atoms with van der Waals surface area (Å²) in [5, 5.41) is 0. The number of piperidine rings is 1. The van der Waals surface area contributed by atoms with Gasteiger partial charge in [-0.2, -0.15) is 0 Å². The van der Waals surface area contributed by atoms with E-state index < -0.39 is 5.92 Å². The van der Waals surface area contributed by atoms with Crippen LogP contribution >= 0.6 is 0 Å². The van der Waals surface area contributed by atoms with E-state index >= 15 is 0 Å². The lowest BCUT2D eigenvalue weighted by atomic mass is 10.1. The third-order valence-corrected chi connectivity index (χ3v) is 5.31. The Hall–Kier alpha value is -1.56. The van der Waals surface area contributed by atoms with Gasteiger partial charge in [0.25, 0.3) is 5.92 Å². The average Bonchev–Trinajstić information content (AvgIpc) is 3.03. The maximum Gasteiger partial charge on any atom is 0.250 e. The Morgan fingerprint density at radius 1 is 1.12 bits per heavy atom. The summed E-state index contributed by atoms with van der Waals surface area (Å²) in [6, 6.07) is 0. The van der Waals surface area contributed by atoms with Crippen LogP contribution in [0.1, 0.15) is 63.3 Å². The van der Waals surface area contributed by atoms with Crippen molar-refractivity contribution in [3.8, 4) is 0 Å². The molecule has 0 saturated carbocycles. The summed E-state index contributed by atoms with van der Waals surface area (Å²) in [6.07, 6.45) is 11.5. The second-order valence-corrected chi connectivity index (χ2v) is 7.47. The van der Waals surface area contributed by atoms with E-state index in [9.17, 15) is 8.78 Å². The summed E-state index contributed by atoms with van der Waals surface area (Å²) in [7, 11) is 0. The Morgan fingerprint density at radius 3 is 2.69 bits per heavy atom. The van der Waals surface area contributed by atoms with Crippen molar-refractivity contribution in [1.29, 1.82) is 0 Å². The summed E-state index contributed by atoms with van der Waals surface area (Å²) >= 11 is 0. The third-order valence-electron chi connectivity index (χ3n) is 5.31. The number of unbranched alkanes of at least 4 members (excludes halogenated alkanes) is 3. The van der Waals surface area contributed by atoms with E-state index in [2.05, 4.69) is 28.0 Å². The Labute approximate surface area is 154 Å². The molecule has 2 aromatic heterocycles. The van der Waals surface area contributed by atoms with Gasteiger partial charge in [-0.25, -0.2) is 18.7 Å². The van der Waals surface area contributed by atoms with Crippen molar-refractivity contribution in [3.63, 3.8) is 0 Å². The van der Waals surface area contributed by atoms with Crippen LogP contribution in [-0.4, -0.2) is 45.4 Å². The summed E-state index contributed by atoms with van der Waals surface area (Å²) in [6.45, 7) is 4.18. The molecule has 2 aromatic rings. The maximum absolute atomic E-state index is 13.2. The lowest BCUT2D eigenvalue weighted by molar-refractivity contribution is -0.0552. The van der Waals surface area contributed by atoms with Gasteiger partial charge in [0.15, 0.2) is 0 Å². The number of H-pyrrole nitrogens is 1. The number of aromatic nitrogens is 3. The number of alkyl halides is 2. The van der Waals surface area contributed by atoms with E-state index in [1.807, 2.05) is 6.20 Å². The van der Waals surface area contributed by atoms with Gasteiger partial charge >= 0.3 is 0 Å². The number of aromatic amines is 1. The summed E-state index contributed by atoms with van der Waals surface area (Å²) in [5.41, 5.74) is 3.33. The van der Waals surface area contributed by atoms with Gasteiger partial charge < -0.3 is 9.88 Å². The van der Waals surface area contributed by atoms with E-state index in [1.165, 1.54) is 5.56 Å². The largest absolute Gasteiger partial charge is 0.358 e. The van der Waals surface area contributed by atoms with Gasteiger partial charge in [0.1, 0.15) is 5.82 Å². The fourth-order valence-corrected chi connectivity index (χ4v) is 3.58. The highest BCUT2D eigenvalue weighted by Crippen LogP contribution is 2.27. The van der Waals surface area contributed by atoms with Crippen molar-refractivity contribution in [2.45, 2.75) is 70.6 Å². The lowest BCUT2D eigenvalue weighted by Crippen LogP contribution is -2.39. The fraction of sp³-hybridized carbons (Fsp3) is 0.700. The molecule has 0 spiro atoms. The van der Waals surface area contributed by atoms with Gasteiger partial charge in [-0.05, 0) is 37.8 Å². The summed E-state index contributed by atoms with van der Waals surface area (Å²) in [5.74, 6) is -1.51. The van der Waals surface area contributed by atoms with Gasteiger partial charge in [-0.3, -0.25) is 0 Å². The summed E-state index contributed by atoms with van der Waals surface area (Å²) < 4.78 is 26.3. The van der Waals surface area contributed by atoms with Gasteiger partial charge in [0.05, 0.1) is 17.2 Å². The van der Waals surface area contributed by atoms with Gasteiger partial charge in [0.2, 0.25) is 0 Å². The molecule has 0 aliphatic carbocycles. The normalized spacial score (nSPS) is 17.8. The Kier molecular flexibility index (Phi) is 6.57. The number of likely N-dealkylation sites (tertiary alicyclic amines) is 1. The Balaban J connectivity index is 1.42. The molecule has 6 heteroatoms. The average molecular weight is 364 g/mol. The summed E-state index contributed by atoms with van der Waals surface area (Å²) in [4.78, 5) is 14.6. The predicted octanol–water partition coefficient (Wildman–Crippen LogP) is 4.74. The van der Waals surface area contributed by atoms with E-state index in [1.54, 1.807) is 0 Å². The van der Waals surface area contributed by atoms with Crippen molar-refractivity contribution in [3.05, 3.63) is 23.8 Å². The first-order valence-electron chi connectivity index (χ1n) is 9.99. The van der Waals surface area contributed by atoms with Crippen LogP contribution in [0.4, 0.5) is 8.78 Å². The SMILES string of the molecule is CCCCc1ncc2[nH]cc(CCCCCN3CCC(F)(F)CC3)c2n1. The molecule has 144 valence electrons. The van der Waals surface area contributed by atoms with E-state index in [-0.39, 0.29) is 12.8 Å². The van der Waals surface area contributed by atoms with Crippen LogP contribution in [0.15, 0.2) is 12.4 Å². The molecule has 0 amide bonds. The molecule has 3 heterocycles. The van der Waals surface area contributed by atoms with Gasteiger partial charge in [-0.15, -0.1) is 0 Å². The number of nitrogens with one attached hydrogen (secondary N) is 1. The van der Waals surface area contributed by atoms with Crippen LogP contribution < -0.4 is 0 Å². The standard InChI is InChI=1S/C20H30F2N4/c1-2-3-8-18-24-15-17-19(25-18)16(14-23-17)7-5-4-6-11-26-12-9-20(21,22)10-13-26/h14-15,23H,2-13H2,1H3. The van der Waals surface area contributed by atoms with Gasteiger partial charge in [0, 0.05) is 38.5 Å². The van der Waals surface area contributed by atoms with Gasteiger partial charge in [-0.1, -0.05) is 19.8 Å². The molecule has 1 N–H and O–H groups in total. The zero-order chi connectivity index (χ0) is 18.4. The van der Waals surface area contributed by atoms with E-state index in [4.69, 9.17) is 4.98 Å². The molecule has 0 bridgehead atoms. The molecule has 1 aliphatic heterocycles. The molecule has 4 nitrogen and oxygen atoms in total. The number of hydrogen-bond acceptors (Lipinski definition) is 3. The van der Waals surface area contributed by atoms with Crippen LogP contribution in [0, 0.1) is 0 Å². The van der Waals surface area contributed by atoms with Crippen LogP contribution in [0.3, 0.4) is 0 Å². The molecular weight excluding hydrogens is 334 g/mol. The van der Waals surface area contributed by atoms with E-state index in [0.717, 1.165) is 68.3 Å². The van der Waals surface area contributed by atoms with Crippen molar-refractivity contribution in [2.75, 3.05) is 19.6 Å². The highest BCUT2D eigenvalue weighted by Gasteiger charge is 2.33. The molecule has 1 saturated heterocycles. The van der Waals surface area contributed by atoms with Crippen LogP contribution in [0.5, 0.6) is 0 Å². The number of nitrogens with zero attached hydrogens (tertiary/aromatic N) is 3. The molecule has 0 atom stereocenters. The molecule has 1 aliphatic rings. The molecule has 0 radical (unpaired) electrons. The first kappa shape index (κ1) is 19.2. The molecule has 0 unspecified atom stereocenters. The molecule has 26 heavy (non-hydrogen) atoms. The zero-order valence-electron chi connectivity index (χ0n) is 15.7. The molecular formula is C20H30F2N4. The zero-order valence-corrected chi connectivity index (χ0v) is 15.7. The first-order valence-corrected chi connectivity index (χ1v) is 9.99. The van der Waals surface area contributed by atoms with Crippen molar-refractivity contribution in [1.82, 2.24) is 19.9 Å². The Morgan fingerprint density at radius 2 is 1.92 bits per heavy atom. The minimum atomic E-state index is -2.44. The number of aryl methyl sites for hydroxylation is 2. The van der Waals surface area contributed by atoms with Crippen molar-refractivity contribution in [2.24, 2.45) is 0 Å². The number of hydrogen-bond donors (Lipinski definition) is 1. The molecule has 1 fully saturated rings. The minimum Gasteiger partial charge on any atom is -0.358 e. The first-order chi connectivity index (χ1) is 12.6. The number of halogens is 2. The lowest BCUT2D eigenvalue weighted by Gasteiger charge is -2.31.